The van der Waals surface area contributed by atoms with Crippen LogP contribution in [0.4, 0.5) is 0 Å². The highest BCUT2D eigenvalue weighted by Gasteiger charge is 2.30. The average Bonchev–Trinajstić information content (AvgIpc) is 3.19. The van der Waals surface area contributed by atoms with E-state index in [2.05, 4.69) is 20.9 Å². The van der Waals surface area contributed by atoms with Gasteiger partial charge in [0.1, 0.15) is 18.1 Å². The molecule has 0 spiro atoms. The zero-order valence-corrected chi connectivity index (χ0v) is 19.3. The number of nitrogens with two attached hydrogens (primary N) is 2. The molecule has 1 aromatic carbocycles. The molecule has 0 aliphatic heterocycles. The van der Waals surface area contributed by atoms with Crippen molar-refractivity contribution in [2.75, 3.05) is 0 Å². The smallest absolute Gasteiger partial charge is 0.326 e. The molecule has 36 heavy (non-hydrogen) atoms. The number of rotatable bonds is 13. The molecule has 14 nitrogen and oxygen atoms in total. The number of carbonyl (C=O) groups is 6. The molecule has 1 aromatic heterocycles. The van der Waals surface area contributed by atoms with Crippen molar-refractivity contribution in [3.8, 4) is 0 Å². The molecule has 4 atom stereocenters. The first-order chi connectivity index (χ1) is 16.9. The van der Waals surface area contributed by atoms with Gasteiger partial charge in [0.2, 0.25) is 23.6 Å². The number of hydrogen-bond donors (Lipinski definition) is 8. The zero-order chi connectivity index (χ0) is 27.0. The van der Waals surface area contributed by atoms with Crippen LogP contribution < -0.4 is 27.4 Å². The van der Waals surface area contributed by atoms with E-state index in [1.807, 2.05) is 12.1 Å². The highest BCUT2D eigenvalue weighted by molar-refractivity contribution is 5.96. The van der Waals surface area contributed by atoms with Gasteiger partial charge in [0, 0.05) is 23.5 Å². The van der Waals surface area contributed by atoms with Crippen molar-refractivity contribution in [2.45, 2.75) is 50.4 Å². The van der Waals surface area contributed by atoms with Gasteiger partial charge in [-0.05, 0) is 18.6 Å². The summed E-state index contributed by atoms with van der Waals surface area (Å²) in [5.41, 5.74) is 11.9. The monoisotopic (exact) mass is 504 g/mol. The highest BCUT2D eigenvalue weighted by atomic mass is 16.4. The Balaban J connectivity index is 2.04. The predicted octanol–water partition coefficient (Wildman–Crippen LogP) is -2.05. The van der Waals surface area contributed by atoms with Gasteiger partial charge >= 0.3 is 11.9 Å². The number of hydrogen-bond acceptors (Lipinski definition) is 7. The predicted molar refractivity (Wildman–Crippen MR) is 125 cm³/mol. The number of carbonyl (C=O) groups excluding carboxylic acids is 4. The van der Waals surface area contributed by atoms with Gasteiger partial charge in [-0.1, -0.05) is 18.2 Å². The summed E-state index contributed by atoms with van der Waals surface area (Å²) in [6.07, 6.45) is 0.230. The summed E-state index contributed by atoms with van der Waals surface area (Å²) in [6, 6.07) is 1.59. The molecule has 0 bridgehead atoms. The first-order valence-electron chi connectivity index (χ1n) is 10.8. The van der Waals surface area contributed by atoms with Crippen molar-refractivity contribution in [1.82, 2.24) is 20.9 Å². The zero-order valence-electron chi connectivity index (χ0n) is 19.3. The van der Waals surface area contributed by atoms with Crippen LogP contribution in [0, 0.1) is 0 Å². The standard InChI is InChI=1S/C22H28N6O8/c1-10(26-21(34)15(8-18(30)31)27-20(33)13(23)7-17(24)29)19(32)28-16(22(35)36)6-11-9-25-14-5-3-2-4-12(11)14/h2-5,9-10,13,15-16,25H,6-8,23H2,1H3,(H2,24,29)(H,26,34)(H,27,33)(H,28,32)(H,30,31)(H,35,36). The maximum atomic E-state index is 12.6. The number of carboxylic acids is 2. The fourth-order valence-electron chi connectivity index (χ4n) is 3.37. The first-order valence-corrected chi connectivity index (χ1v) is 10.8. The Kier molecular flexibility index (Phi) is 9.50. The van der Waals surface area contributed by atoms with Gasteiger partial charge < -0.3 is 42.6 Å². The third-order valence-electron chi connectivity index (χ3n) is 5.24. The number of amides is 4. The lowest BCUT2D eigenvalue weighted by Crippen LogP contribution is -2.57. The topological polar surface area (TPSA) is 247 Å². The van der Waals surface area contributed by atoms with E-state index < -0.39 is 72.6 Å². The number of para-hydroxylation sites is 1. The van der Waals surface area contributed by atoms with Gasteiger partial charge in [0.25, 0.3) is 0 Å². The minimum Gasteiger partial charge on any atom is -0.481 e. The molecule has 10 N–H and O–H groups in total. The normalized spacial score (nSPS) is 14.2. The van der Waals surface area contributed by atoms with Crippen molar-refractivity contribution in [1.29, 1.82) is 0 Å². The van der Waals surface area contributed by atoms with Crippen LogP contribution >= 0.6 is 0 Å². The minimum absolute atomic E-state index is 0.0405. The molecule has 0 radical (unpaired) electrons. The number of fused-ring (bicyclic) bond motifs is 1. The average molecular weight is 505 g/mol. The van der Waals surface area contributed by atoms with E-state index in [9.17, 15) is 33.9 Å². The van der Waals surface area contributed by atoms with Crippen LogP contribution in [0.3, 0.4) is 0 Å². The second-order valence-electron chi connectivity index (χ2n) is 8.13. The molecule has 2 rings (SSSR count). The van der Waals surface area contributed by atoms with Crippen LogP contribution in [0.5, 0.6) is 0 Å². The second-order valence-corrected chi connectivity index (χ2v) is 8.13. The van der Waals surface area contributed by atoms with Crippen LogP contribution in [0.25, 0.3) is 10.9 Å². The summed E-state index contributed by atoms with van der Waals surface area (Å²) >= 11 is 0. The van der Waals surface area contributed by atoms with Crippen molar-refractivity contribution >= 4 is 46.5 Å². The van der Waals surface area contributed by atoms with E-state index in [1.54, 1.807) is 18.3 Å². The van der Waals surface area contributed by atoms with E-state index in [1.165, 1.54) is 6.92 Å². The molecule has 0 saturated carbocycles. The number of benzene rings is 1. The molecule has 4 amide bonds. The van der Waals surface area contributed by atoms with Gasteiger partial charge in [-0.15, -0.1) is 0 Å². The lowest BCUT2D eigenvalue weighted by atomic mass is 10.0. The number of aliphatic carboxylic acids is 2. The van der Waals surface area contributed by atoms with E-state index in [4.69, 9.17) is 16.6 Å². The van der Waals surface area contributed by atoms with Gasteiger partial charge in [0.05, 0.1) is 18.9 Å². The number of aromatic nitrogens is 1. The van der Waals surface area contributed by atoms with Crippen molar-refractivity contribution in [3.05, 3.63) is 36.0 Å². The molecular formula is C22H28N6O8. The van der Waals surface area contributed by atoms with Crippen LogP contribution in [-0.2, 0) is 35.2 Å². The van der Waals surface area contributed by atoms with Crippen LogP contribution in [0.1, 0.15) is 25.3 Å². The Hall–Kier alpha value is -4.46. The maximum Gasteiger partial charge on any atom is 0.326 e. The molecule has 0 fully saturated rings. The Bertz CT molecular complexity index is 1160. The lowest BCUT2D eigenvalue weighted by molar-refractivity contribution is -0.143. The SMILES string of the molecule is CC(NC(=O)C(CC(=O)O)NC(=O)C(N)CC(N)=O)C(=O)NC(Cc1c[nH]c2ccccc12)C(=O)O. The third-order valence-corrected chi connectivity index (χ3v) is 5.24. The number of primary amides is 1. The van der Waals surface area contributed by atoms with Gasteiger partial charge in [-0.25, -0.2) is 4.79 Å². The van der Waals surface area contributed by atoms with Crippen molar-refractivity contribution in [2.24, 2.45) is 11.5 Å². The molecule has 2 aromatic rings. The van der Waals surface area contributed by atoms with Gasteiger partial charge in [-0.3, -0.25) is 24.0 Å². The first kappa shape index (κ1) is 27.8. The van der Waals surface area contributed by atoms with Gasteiger partial charge in [0.15, 0.2) is 0 Å². The largest absolute Gasteiger partial charge is 0.481 e. The minimum atomic E-state index is -1.62. The fourth-order valence-corrected chi connectivity index (χ4v) is 3.37. The Labute approximate surface area is 204 Å². The van der Waals surface area contributed by atoms with E-state index in [0.29, 0.717) is 5.56 Å². The quantitative estimate of drug-likeness (QED) is 0.149. The summed E-state index contributed by atoms with van der Waals surface area (Å²) in [4.78, 5) is 74.1. The third kappa shape index (κ3) is 7.80. The molecule has 14 heteroatoms. The second kappa shape index (κ2) is 12.3. The summed E-state index contributed by atoms with van der Waals surface area (Å²) in [6.45, 7) is 1.26. The van der Waals surface area contributed by atoms with Crippen molar-refractivity contribution in [3.63, 3.8) is 0 Å². The Morgan fingerprint density at radius 2 is 1.56 bits per heavy atom. The van der Waals surface area contributed by atoms with E-state index >= 15 is 0 Å². The summed E-state index contributed by atoms with van der Waals surface area (Å²) in [5, 5.41) is 26.1. The molecule has 4 unspecified atom stereocenters. The van der Waals surface area contributed by atoms with E-state index in [-0.39, 0.29) is 6.42 Å². The highest BCUT2D eigenvalue weighted by Crippen LogP contribution is 2.19. The van der Waals surface area contributed by atoms with Crippen LogP contribution in [0.15, 0.2) is 30.5 Å². The van der Waals surface area contributed by atoms with Crippen molar-refractivity contribution < 1.29 is 39.0 Å². The maximum absolute atomic E-state index is 12.6. The van der Waals surface area contributed by atoms with E-state index in [0.717, 1.165) is 10.9 Å². The number of nitrogens with one attached hydrogen (secondary N) is 4. The number of carboxylic acid groups (broad SMARTS) is 2. The number of aromatic amines is 1. The summed E-state index contributed by atoms with van der Waals surface area (Å²) in [7, 11) is 0. The molecule has 0 aliphatic carbocycles. The molecule has 0 aliphatic rings. The summed E-state index contributed by atoms with van der Waals surface area (Å²) in [5.74, 6) is -6.46. The number of H-pyrrole nitrogens is 1. The molecular weight excluding hydrogens is 476 g/mol. The Morgan fingerprint density at radius 3 is 2.17 bits per heavy atom. The molecule has 1 heterocycles. The fraction of sp³-hybridized carbons (Fsp3) is 0.364. The Morgan fingerprint density at radius 1 is 0.917 bits per heavy atom. The molecule has 194 valence electrons. The van der Waals surface area contributed by atoms with Crippen LogP contribution in [-0.4, -0.2) is 74.9 Å². The van der Waals surface area contributed by atoms with Crippen LogP contribution in [0.2, 0.25) is 0 Å². The lowest BCUT2D eigenvalue weighted by Gasteiger charge is -2.22. The van der Waals surface area contributed by atoms with Gasteiger partial charge in [-0.2, -0.15) is 0 Å². The summed E-state index contributed by atoms with van der Waals surface area (Å²) < 4.78 is 0. The molecule has 0 saturated heterocycles.